The summed E-state index contributed by atoms with van der Waals surface area (Å²) in [5.74, 6) is 0. The minimum atomic E-state index is -2.14. The highest BCUT2D eigenvalue weighted by atomic mass is 19.2. The number of nitrogens with zero attached hydrogens (tertiary/aromatic N) is 1. The molecular weight excluding hydrogens is 121 g/mol. The van der Waals surface area contributed by atoms with Crippen molar-refractivity contribution in [2.45, 2.75) is 0 Å². The van der Waals surface area contributed by atoms with Crippen LogP contribution in [0, 0.1) is 0 Å². The second kappa shape index (κ2) is 2.10. The number of amides is 2. The third kappa shape index (κ3) is 1.41. The fourth-order valence-electron chi connectivity index (χ4n) is 0.0818. The molecular formula is C2H2FNO4. The number of rotatable bonds is 0. The molecule has 8 heavy (non-hydrogen) atoms. The molecule has 0 aliphatic heterocycles. The quantitative estimate of drug-likeness (QED) is 0.460. The van der Waals surface area contributed by atoms with Crippen molar-refractivity contribution in [1.82, 2.24) is 5.12 Å². The molecule has 0 bridgehead atoms. The van der Waals surface area contributed by atoms with Crippen molar-refractivity contribution < 1.29 is 24.3 Å². The minimum Gasteiger partial charge on any atom is -0.463 e. The van der Waals surface area contributed by atoms with Crippen molar-refractivity contribution in [1.29, 1.82) is 0 Å². The summed E-state index contributed by atoms with van der Waals surface area (Å²) in [6, 6.07) is 0. The van der Waals surface area contributed by atoms with Crippen LogP contribution in [0.3, 0.4) is 0 Å². The SMILES string of the molecule is O=C(O)N(F)C(=O)O. The Kier molecular flexibility index (Phi) is 1.75. The predicted molar refractivity (Wildman–Crippen MR) is 19.0 cm³/mol. The van der Waals surface area contributed by atoms with Crippen molar-refractivity contribution in [3.8, 4) is 0 Å². The van der Waals surface area contributed by atoms with Crippen LogP contribution in [0.15, 0.2) is 0 Å². The zero-order chi connectivity index (χ0) is 6.73. The molecule has 0 aromatic rings. The Morgan fingerprint density at radius 1 is 1.25 bits per heavy atom. The molecule has 0 aromatic carbocycles. The van der Waals surface area contributed by atoms with Crippen LogP contribution in [0.4, 0.5) is 14.1 Å². The maximum absolute atomic E-state index is 11.3. The molecule has 46 valence electrons. The van der Waals surface area contributed by atoms with Crippen LogP contribution < -0.4 is 0 Å². The minimum absolute atomic E-state index is 1.33. The van der Waals surface area contributed by atoms with Crippen LogP contribution in [0.25, 0.3) is 0 Å². The molecule has 2 N–H and O–H groups in total. The molecule has 0 heterocycles. The van der Waals surface area contributed by atoms with Gasteiger partial charge in [-0.3, -0.25) is 0 Å². The van der Waals surface area contributed by atoms with E-state index in [2.05, 4.69) is 0 Å². The first-order chi connectivity index (χ1) is 3.55. The van der Waals surface area contributed by atoms with Crippen LogP contribution in [0.2, 0.25) is 0 Å². The largest absolute Gasteiger partial charge is 0.463 e. The fourth-order valence-corrected chi connectivity index (χ4v) is 0.0818. The van der Waals surface area contributed by atoms with Crippen molar-refractivity contribution in [2.75, 3.05) is 0 Å². The lowest BCUT2D eigenvalue weighted by atomic mass is 11.0. The summed E-state index contributed by atoms with van der Waals surface area (Å²) in [4.78, 5) is 18.6. The van der Waals surface area contributed by atoms with Gasteiger partial charge < -0.3 is 10.2 Å². The van der Waals surface area contributed by atoms with Gasteiger partial charge in [-0.2, -0.15) is 0 Å². The normalized spacial score (nSPS) is 8.12. The van der Waals surface area contributed by atoms with Crippen LogP contribution >= 0.6 is 0 Å². The van der Waals surface area contributed by atoms with Gasteiger partial charge in [0.15, 0.2) is 0 Å². The van der Waals surface area contributed by atoms with Crippen molar-refractivity contribution >= 4 is 12.2 Å². The molecule has 0 fully saturated rings. The summed E-state index contributed by atoms with van der Waals surface area (Å²) in [5.41, 5.74) is 0. The zero-order valence-corrected chi connectivity index (χ0v) is 3.54. The first-order valence-electron chi connectivity index (χ1n) is 1.47. The van der Waals surface area contributed by atoms with E-state index in [1.807, 2.05) is 0 Å². The number of hydrogen-bond acceptors (Lipinski definition) is 2. The van der Waals surface area contributed by atoms with Crippen molar-refractivity contribution in [3.63, 3.8) is 0 Å². The van der Waals surface area contributed by atoms with E-state index < -0.39 is 17.3 Å². The van der Waals surface area contributed by atoms with Gasteiger partial charge in [-0.1, -0.05) is 4.48 Å². The van der Waals surface area contributed by atoms with Gasteiger partial charge in [0.2, 0.25) is 0 Å². The molecule has 0 aromatic heterocycles. The van der Waals surface area contributed by atoms with Gasteiger partial charge in [-0.15, -0.1) is 0 Å². The monoisotopic (exact) mass is 123 g/mol. The van der Waals surface area contributed by atoms with Crippen LogP contribution in [0.1, 0.15) is 0 Å². The fraction of sp³-hybridized carbons (Fsp3) is 0. The molecule has 0 saturated carbocycles. The molecule has 0 spiro atoms. The first kappa shape index (κ1) is 6.67. The molecule has 0 atom stereocenters. The van der Waals surface area contributed by atoms with E-state index in [0.29, 0.717) is 0 Å². The van der Waals surface area contributed by atoms with E-state index in [0.717, 1.165) is 0 Å². The van der Waals surface area contributed by atoms with Crippen molar-refractivity contribution in [2.24, 2.45) is 0 Å². The Labute approximate surface area is 42.9 Å². The van der Waals surface area contributed by atoms with Crippen LogP contribution in [-0.2, 0) is 0 Å². The third-order valence-electron chi connectivity index (χ3n) is 0.336. The van der Waals surface area contributed by atoms with Crippen molar-refractivity contribution in [3.05, 3.63) is 0 Å². The number of carbonyl (C=O) groups is 2. The predicted octanol–water partition coefficient (Wildman–Crippen LogP) is 0.529. The third-order valence-corrected chi connectivity index (χ3v) is 0.336. The van der Waals surface area contributed by atoms with Gasteiger partial charge in [-0.25, -0.2) is 9.59 Å². The maximum Gasteiger partial charge on any atom is 0.446 e. The van der Waals surface area contributed by atoms with E-state index in [1.165, 1.54) is 0 Å². The molecule has 0 rings (SSSR count). The summed E-state index contributed by atoms with van der Waals surface area (Å²) >= 11 is 0. The molecule has 0 saturated heterocycles. The smallest absolute Gasteiger partial charge is 0.446 e. The highest BCUT2D eigenvalue weighted by molar-refractivity contribution is 5.83. The summed E-state index contributed by atoms with van der Waals surface area (Å²) < 4.78 is 11.3. The molecule has 0 aliphatic rings. The first-order valence-corrected chi connectivity index (χ1v) is 1.47. The number of imide groups is 1. The lowest BCUT2D eigenvalue weighted by Crippen LogP contribution is -2.25. The van der Waals surface area contributed by atoms with E-state index in [4.69, 9.17) is 10.2 Å². The second-order valence-electron chi connectivity index (χ2n) is 0.846. The Hall–Kier alpha value is -1.33. The van der Waals surface area contributed by atoms with Crippen LogP contribution in [0.5, 0.6) is 0 Å². The molecule has 2 amide bonds. The number of halogens is 1. The topological polar surface area (TPSA) is 77.8 Å². The van der Waals surface area contributed by atoms with E-state index in [-0.39, 0.29) is 0 Å². The molecule has 0 aliphatic carbocycles. The Morgan fingerprint density at radius 2 is 1.50 bits per heavy atom. The van der Waals surface area contributed by atoms with Gasteiger partial charge in [0.1, 0.15) is 0 Å². The van der Waals surface area contributed by atoms with Gasteiger partial charge in [0.05, 0.1) is 0 Å². The zero-order valence-electron chi connectivity index (χ0n) is 3.54. The standard InChI is InChI=1S/C2H2FNO4/c3-4(1(5)6)2(7)8/h(H,5,6)(H,7,8). The lowest BCUT2D eigenvalue weighted by Gasteiger charge is -1.96. The summed E-state index contributed by atoms with van der Waals surface area (Å²) in [7, 11) is 0. The average molecular weight is 123 g/mol. The van der Waals surface area contributed by atoms with Gasteiger partial charge in [-0.05, 0) is 5.12 Å². The Morgan fingerprint density at radius 3 is 1.50 bits per heavy atom. The molecule has 0 radical (unpaired) electrons. The van der Waals surface area contributed by atoms with Gasteiger partial charge >= 0.3 is 12.2 Å². The number of hydrogen-bond donors (Lipinski definition) is 2. The summed E-state index contributed by atoms with van der Waals surface area (Å²) in [6.07, 6.45) is -4.28. The lowest BCUT2D eigenvalue weighted by molar-refractivity contribution is 0.0362. The maximum atomic E-state index is 11.3. The highest BCUT2D eigenvalue weighted by Crippen LogP contribution is 1.88. The van der Waals surface area contributed by atoms with Gasteiger partial charge in [0.25, 0.3) is 0 Å². The Bertz CT molecular complexity index is 109. The summed E-state index contributed by atoms with van der Waals surface area (Å²) in [5, 5.41) is 13.7. The number of carboxylic acid groups (broad SMARTS) is 2. The Balaban J connectivity index is 3.83. The average Bonchev–Trinajstić information content (AvgIpc) is 1.64. The highest BCUT2D eigenvalue weighted by Gasteiger charge is 2.17. The van der Waals surface area contributed by atoms with E-state index in [9.17, 15) is 14.1 Å². The van der Waals surface area contributed by atoms with Crippen LogP contribution in [-0.4, -0.2) is 27.5 Å². The van der Waals surface area contributed by atoms with E-state index in [1.54, 1.807) is 0 Å². The molecule has 0 unspecified atom stereocenters. The summed E-state index contributed by atoms with van der Waals surface area (Å²) in [6.45, 7) is 0. The second-order valence-corrected chi connectivity index (χ2v) is 0.846. The van der Waals surface area contributed by atoms with E-state index >= 15 is 0 Å². The van der Waals surface area contributed by atoms with Gasteiger partial charge in [0, 0.05) is 0 Å². The molecule has 6 heteroatoms. The molecule has 5 nitrogen and oxygen atoms in total.